The third kappa shape index (κ3) is 3.14. The van der Waals surface area contributed by atoms with E-state index in [4.69, 9.17) is 0 Å². The highest BCUT2D eigenvalue weighted by Crippen LogP contribution is 2.23. The molecule has 1 fully saturated rings. The Morgan fingerprint density at radius 3 is 3.00 bits per heavy atom. The van der Waals surface area contributed by atoms with Gasteiger partial charge in [0.15, 0.2) is 0 Å². The Labute approximate surface area is 72.3 Å². The number of unbranched alkanes of at least 4 members (excludes halogenated alkanes) is 2. The SMILES string of the molecule is CCCCCC1CC(=O)NS1. The second-order valence-corrected chi connectivity index (χ2v) is 4.07. The highest BCUT2D eigenvalue weighted by atomic mass is 32.2. The predicted molar refractivity (Wildman–Crippen MR) is 48.3 cm³/mol. The van der Waals surface area contributed by atoms with Gasteiger partial charge in [0.1, 0.15) is 0 Å². The Bertz CT molecular complexity index is 138. The molecule has 1 atom stereocenters. The maximum Gasteiger partial charge on any atom is 0.230 e. The van der Waals surface area contributed by atoms with E-state index < -0.39 is 0 Å². The largest absolute Gasteiger partial charge is 0.300 e. The zero-order valence-corrected chi connectivity index (χ0v) is 7.75. The summed E-state index contributed by atoms with van der Waals surface area (Å²) in [6.07, 6.45) is 5.75. The van der Waals surface area contributed by atoms with Crippen molar-refractivity contribution in [2.45, 2.75) is 44.3 Å². The van der Waals surface area contributed by atoms with Crippen LogP contribution in [0.2, 0.25) is 0 Å². The van der Waals surface area contributed by atoms with Crippen molar-refractivity contribution in [1.29, 1.82) is 0 Å². The van der Waals surface area contributed by atoms with Crippen LogP contribution in [0.3, 0.4) is 0 Å². The fourth-order valence-corrected chi connectivity index (χ4v) is 2.12. The summed E-state index contributed by atoms with van der Waals surface area (Å²) in [7, 11) is 0. The van der Waals surface area contributed by atoms with Gasteiger partial charge in [-0.25, -0.2) is 0 Å². The standard InChI is InChI=1S/C8H15NOS/c1-2-3-4-5-7-6-8(10)9-11-7/h7H,2-6H2,1H3,(H,9,10). The lowest BCUT2D eigenvalue weighted by molar-refractivity contribution is -0.118. The average molecular weight is 173 g/mol. The number of rotatable bonds is 4. The molecule has 0 aromatic rings. The Morgan fingerprint density at radius 1 is 1.64 bits per heavy atom. The minimum atomic E-state index is 0.205. The van der Waals surface area contributed by atoms with Crippen LogP contribution in [0.15, 0.2) is 0 Å². The van der Waals surface area contributed by atoms with Crippen molar-refractivity contribution in [3.05, 3.63) is 0 Å². The third-order valence-corrected chi connectivity index (χ3v) is 2.96. The Hall–Kier alpha value is -0.180. The molecule has 11 heavy (non-hydrogen) atoms. The number of nitrogens with one attached hydrogen (secondary N) is 1. The van der Waals surface area contributed by atoms with Crippen LogP contribution in [-0.2, 0) is 4.79 Å². The summed E-state index contributed by atoms with van der Waals surface area (Å²) in [4.78, 5) is 10.8. The van der Waals surface area contributed by atoms with Crippen molar-refractivity contribution in [3.8, 4) is 0 Å². The van der Waals surface area contributed by atoms with Crippen molar-refractivity contribution in [2.75, 3.05) is 0 Å². The Balaban J connectivity index is 2.04. The van der Waals surface area contributed by atoms with Crippen LogP contribution >= 0.6 is 11.9 Å². The molecule has 0 spiro atoms. The van der Waals surface area contributed by atoms with E-state index in [9.17, 15) is 4.79 Å². The maximum atomic E-state index is 10.8. The number of amides is 1. The van der Waals surface area contributed by atoms with Gasteiger partial charge in [-0.3, -0.25) is 9.52 Å². The van der Waals surface area contributed by atoms with E-state index in [1.165, 1.54) is 25.7 Å². The van der Waals surface area contributed by atoms with Crippen LogP contribution in [-0.4, -0.2) is 11.2 Å². The van der Waals surface area contributed by atoms with Crippen LogP contribution in [0.25, 0.3) is 0 Å². The highest BCUT2D eigenvalue weighted by Gasteiger charge is 2.21. The van der Waals surface area contributed by atoms with Gasteiger partial charge >= 0.3 is 0 Å². The second-order valence-electron chi connectivity index (χ2n) is 2.97. The maximum absolute atomic E-state index is 10.8. The minimum Gasteiger partial charge on any atom is -0.300 e. The lowest BCUT2D eigenvalue weighted by Crippen LogP contribution is -2.05. The molecule has 0 radical (unpaired) electrons. The molecule has 64 valence electrons. The lowest BCUT2D eigenvalue weighted by Gasteiger charge is -2.03. The van der Waals surface area contributed by atoms with E-state index in [-0.39, 0.29) is 5.91 Å². The van der Waals surface area contributed by atoms with Crippen LogP contribution in [0.5, 0.6) is 0 Å². The fraction of sp³-hybridized carbons (Fsp3) is 0.875. The summed E-state index contributed by atoms with van der Waals surface area (Å²) in [6, 6.07) is 0. The van der Waals surface area contributed by atoms with E-state index in [1.54, 1.807) is 11.9 Å². The van der Waals surface area contributed by atoms with Gasteiger partial charge in [-0.2, -0.15) is 0 Å². The van der Waals surface area contributed by atoms with Crippen molar-refractivity contribution in [1.82, 2.24) is 4.72 Å². The molecule has 1 saturated heterocycles. The first-order valence-corrected chi connectivity index (χ1v) is 5.15. The van der Waals surface area contributed by atoms with Crippen molar-refractivity contribution in [2.24, 2.45) is 0 Å². The summed E-state index contributed by atoms with van der Waals surface area (Å²) >= 11 is 1.60. The Morgan fingerprint density at radius 2 is 2.45 bits per heavy atom. The van der Waals surface area contributed by atoms with Gasteiger partial charge in [-0.15, -0.1) is 0 Å². The zero-order chi connectivity index (χ0) is 8.10. The molecule has 1 aliphatic heterocycles. The molecular formula is C8H15NOS. The molecule has 2 nitrogen and oxygen atoms in total. The summed E-state index contributed by atoms with van der Waals surface area (Å²) in [6.45, 7) is 2.20. The molecule has 0 aromatic carbocycles. The summed E-state index contributed by atoms with van der Waals surface area (Å²) in [5.74, 6) is 0.205. The molecular weight excluding hydrogens is 158 g/mol. The molecule has 1 N–H and O–H groups in total. The van der Waals surface area contributed by atoms with Gasteiger partial charge in [-0.1, -0.05) is 26.2 Å². The second kappa shape index (κ2) is 4.65. The summed E-state index contributed by atoms with van der Waals surface area (Å²) in [5.41, 5.74) is 0. The topological polar surface area (TPSA) is 29.1 Å². The number of hydrogen-bond donors (Lipinski definition) is 1. The fourth-order valence-electron chi connectivity index (χ4n) is 1.22. The number of hydrogen-bond acceptors (Lipinski definition) is 2. The molecule has 0 aromatic heterocycles. The monoisotopic (exact) mass is 173 g/mol. The van der Waals surface area contributed by atoms with E-state index in [0.717, 1.165) is 6.42 Å². The Kier molecular flexibility index (Phi) is 3.77. The lowest BCUT2D eigenvalue weighted by atomic mass is 10.1. The molecule has 1 rings (SSSR count). The normalized spacial score (nSPS) is 23.7. The van der Waals surface area contributed by atoms with E-state index in [1.807, 2.05) is 0 Å². The molecule has 1 aliphatic rings. The van der Waals surface area contributed by atoms with Gasteiger partial charge in [0.05, 0.1) is 0 Å². The van der Waals surface area contributed by atoms with Gasteiger partial charge in [0.25, 0.3) is 0 Å². The first kappa shape index (κ1) is 8.91. The first-order chi connectivity index (χ1) is 5.33. The highest BCUT2D eigenvalue weighted by molar-refractivity contribution is 7.99. The van der Waals surface area contributed by atoms with Crippen LogP contribution in [0.1, 0.15) is 39.0 Å². The summed E-state index contributed by atoms with van der Waals surface area (Å²) < 4.78 is 2.77. The number of carbonyl (C=O) groups excluding carboxylic acids is 1. The van der Waals surface area contributed by atoms with Gasteiger partial charge in [-0.05, 0) is 18.4 Å². The molecule has 1 amide bonds. The quantitative estimate of drug-likeness (QED) is 0.521. The molecule has 3 heteroatoms. The van der Waals surface area contributed by atoms with E-state index in [0.29, 0.717) is 5.25 Å². The minimum absolute atomic E-state index is 0.205. The smallest absolute Gasteiger partial charge is 0.230 e. The van der Waals surface area contributed by atoms with Crippen LogP contribution < -0.4 is 4.72 Å². The average Bonchev–Trinajstić information content (AvgIpc) is 2.37. The molecule has 0 saturated carbocycles. The third-order valence-electron chi connectivity index (χ3n) is 1.88. The van der Waals surface area contributed by atoms with E-state index in [2.05, 4.69) is 11.6 Å². The van der Waals surface area contributed by atoms with Crippen molar-refractivity contribution < 1.29 is 4.79 Å². The van der Waals surface area contributed by atoms with Crippen molar-refractivity contribution in [3.63, 3.8) is 0 Å². The summed E-state index contributed by atoms with van der Waals surface area (Å²) in [5, 5.41) is 0.550. The zero-order valence-electron chi connectivity index (χ0n) is 6.93. The molecule has 1 heterocycles. The molecule has 0 aliphatic carbocycles. The van der Waals surface area contributed by atoms with E-state index >= 15 is 0 Å². The van der Waals surface area contributed by atoms with Gasteiger partial charge in [0.2, 0.25) is 5.91 Å². The van der Waals surface area contributed by atoms with Crippen molar-refractivity contribution >= 4 is 17.9 Å². The first-order valence-electron chi connectivity index (χ1n) is 4.27. The molecule has 0 bridgehead atoms. The number of carbonyl (C=O) groups is 1. The predicted octanol–water partition coefficient (Wildman–Crippen LogP) is 2.10. The molecule has 1 unspecified atom stereocenters. The van der Waals surface area contributed by atoms with Crippen LogP contribution in [0, 0.1) is 0 Å². The van der Waals surface area contributed by atoms with Gasteiger partial charge in [0, 0.05) is 11.7 Å². The van der Waals surface area contributed by atoms with Gasteiger partial charge < -0.3 is 0 Å². The van der Waals surface area contributed by atoms with Crippen LogP contribution in [0.4, 0.5) is 0 Å².